The fraction of sp³-hybridized carbons (Fsp3) is 0.667. The molecule has 1 saturated carbocycles. The van der Waals surface area contributed by atoms with Crippen LogP contribution in [0.25, 0.3) is 0 Å². The molecule has 112 valence electrons. The second-order valence-corrected chi connectivity index (χ2v) is 5.04. The number of guanidine groups is 1. The predicted octanol–water partition coefficient (Wildman–Crippen LogP) is 1.80. The Morgan fingerprint density at radius 2 is 2.35 bits per heavy atom. The Balaban J connectivity index is 1.59. The number of rotatable bonds is 9. The highest BCUT2D eigenvalue weighted by molar-refractivity contribution is 5.79. The van der Waals surface area contributed by atoms with Crippen molar-refractivity contribution in [3.63, 3.8) is 0 Å². The minimum absolute atomic E-state index is 0.697. The molecule has 1 heterocycles. The molecular formula is C15H25N3O2. The van der Waals surface area contributed by atoms with Gasteiger partial charge >= 0.3 is 0 Å². The number of nitrogens with one attached hydrogen (secondary N) is 2. The van der Waals surface area contributed by atoms with Gasteiger partial charge in [-0.15, -0.1) is 0 Å². The van der Waals surface area contributed by atoms with Gasteiger partial charge in [-0.3, -0.25) is 4.99 Å². The molecule has 1 aliphatic carbocycles. The Hall–Kier alpha value is -1.49. The maximum absolute atomic E-state index is 5.57. The molecule has 5 heteroatoms. The molecule has 0 saturated heterocycles. The molecule has 0 atom stereocenters. The molecule has 0 spiro atoms. The van der Waals surface area contributed by atoms with Crippen LogP contribution in [0.2, 0.25) is 0 Å². The van der Waals surface area contributed by atoms with E-state index in [4.69, 9.17) is 9.15 Å². The van der Waals surface area contributed by atoms with Gasteiger partial charge in [0, 0.05) is 26.1 Å². The van der Waals surface area contributed by atoms with Crippen LogP contribution in [-0.2, 0) is 11.2 Å². The Kier molecular flexibility index (Phi) is 6.44. The maximum Gasteiger partial charge on any atom is 0.191 e. The van der Waals surface area contributed by atoms with Crippen LogP contribution in [0.15, 0.2) is 27.8 Å². The zero-order chi connectivity index (χ0) is 14.0. The fourth-order valence-corrected chi connectivity index (χ4v) is 1.86. The molecule has 0 amide bonds. The van der Waals surface area contributed by atoms with Gasteiger partial charge in [-0.05, 0) is 37.8 Å². The maximum atomic E-state index is 5.57. The number of furan rings is 1. The summed E-state index contributed by atoms with van der Waals surface area (Å²) in [6.07, 6.45) is 5.22. The summed E-state index contributed by atoms with van der Waals surface area (Å²) >= 11 is 0. The highest BCUT2D eigenvalue weighted by Crippen LogP contribution is 2.28. The van der Waals surface area contributed by atoms with Crippen LogP contribution < -0.4 is 10.6 Å². The minimum atomic E-state index is 0.697. The third kappa shape index (κ3) is 6.10. The quantitative estimate of drug-likeness (QED) is 0.411. The molecule has 0 unspecified atom stereocenters. The summed E-state index contributed by atoms with van der Waals surface area (Å²) in [5, 5.41) is 6.52. The third-order valence-corrected chi connectivity index (χ3v) is 3.14. The summed E-state index contributed by atoms with van der Waals surface area (Å²) in [4.78, 5) is 4.49. The van der Waals surface area contributed by atoms with Crippen LogP contribution in [0, 0.1) is 5.92 Å². The van der Waals surface area contributed by atoms with Crippen molar-refractivity contribution in [3.8, 4) is 0 Å². The smallest absolute Gasteiger partial charge is 0.191 e. The molecule has 0 radical (unpaired) electrons. The van der Waals surface area contributed by atoms with E-state index in [1.807, 2.05) is 12.1 Å². The van der Waals surface area contributed by atoms with E-state index in [2.05, 4.69) is 22.5 Å². The number of hydrogen-bond acceptors (Lipinski definition) is 3. The van der Waals surface area contributed by atoms with Gasteiger partial charge in [0.05, 0.1) is 19.4 Å². The SMILES string of the molecule is CCNC(=NCCOCC1CC1)NCCc1ccco1. The lowest BCUT2D eigenvalue weighted by molar-refractivity contribution is 0.131. The molecule has 1 fully saturated rings. The first-order valence-electron chi connectivity index (χ1n) is 7.50. The Morgan fingerprint density at radius 3 is 3.05 bits per heavy atom. The van der Waals surface area contributed by atoms with Crippen LogP contribution in [0.5, 0.6) is 0 Å². The van der Waals surface area contributed by atoms with E-state index in [-0.39, 0.29) is 0 Å². The summed E-state index contributed by atoms with van der Waals surface area (Å²) in [5.41, 5.74) is 0. The van der Waals surface area contributed by atoms with Crippen LogP contribution in [0.4, 0.5) is 0 Å². The monoisotopic (exact) mass is 279 g/mol. The Labute approximate surface area is 120 Å². The van der Waals surface area contributed by atoms with Gasteiger partial charge in [0.15, 0.2) is 5.96 Å². The van der Waals surface area contributed by atoms with Crippen molar-refractivity contribution in [2.75, 3.05) is 32.8 Å². The zero-order valence-corrected chi connectivity index (χ0v) is 12.2. The van der Waals surface area contributed by atoms with Crippen molar-refractivity contribution < 1.29 is 9.15 Å². The number of hydrogen-bond donors (Lipinski definition) is 2. The molecule has 0 aromatic carbocycles. The second-order valence-electron chi connectivity index (χ2n) is 5.04. The standard InChI is InChI=1S/C15H25N3O2/c1-2-16-15(17-8-7-14-4-3-10-20-14)18-9-11-19-12-13-5-6-13/h3-4,10,13H,2,5-9,11-12H2,1H3,(H2,16,17,18). The van der Waals surface area contributed by atoms with Crippen molar-refractivity contribution in [1.29, 1.82) is 0 Å². The molecule has 20 heavy (non-hydrogen) atoms. The van der Waals surface area contributed by atoms with Crippen molar-refractivity contribution in [2.24, 2.45) is 10.9 Å². The van der Waals surface area contributed by atoms with Gasteiger partial charge in [0.1, 0.15) is 5.76 Å². The molecule has 0 aliphatic heterocycles. The lowest BCUT2D eigenvalue weighted by atomic mass is 10.3. The average molecular weight is 279 g/mol. The van der Waals surface area contributed by atoms with Crippen LogP contribution in [-0.4, -0.2) is 38.8 Å². The van der Waals surface area contributed by atoms with E-state index < -0.39 is 0 Å². The van der Waals surface area contributed by atoms with Gasteiger partial charge in [0.25, 0.3) is 0 Å². The highest BCUT2D eigenvalue weighted by Gasteiger charge is 2.20. The Bertz CT molecular complexity index is 386. The first-order valence-corrected chi connectivity index (χ1v) is 7.50. The molecular weight excluding hydrogens is 254 g/mol. The largest absolute Gasteiger partial charge is 0.469 e. The van der Waals surface area contributed by atoms with Crippen molar-refractivity contribution >= 4 is 5.96 Å². The Morgan fingerprint density at radius 1 is 1.45 bits per heavy atom. The molecule has 0 bridgehead atoms. The first kappa shape index (κ1) is 14.9. The normalized spacial score (nSPS) is 15.3. The number of ether oxygens (including phenoxy) is 1. The highest BCUT2D eigenvalue weighted by atomic mass is 16.5. The average Bonchev–Trinajstić information content (AvgIpc) is 3.13. The lowest BCUT2D eigenvalue weighted by Gasteiger charge is -2.10. The number of aliphatic imine (C=N–C) groups is 1. The predicted molar refractivity (Wildman–Crippen MR) is 79.9 cm³/mol. The van der Waals surface area contributed by atoms with Crippen molar-refractivity contribution in [3.05, 3.63) is 24.2 Å². The van der Waals surface area contributed by atoms with E-state index in [0.29, 0.717) is 13.2 Å². The van der Waals surface area contributed by atoms with Crippen molar-refractivity contribution in [1.82, 2.24) is 10.6 Å². The van der Waals surface area contributed by atoms with Crippen LogP contribution in [0.1, 0.15) is 25.5 Å². The minimum Gasteiger partial charge on any atom is -0.469 e. The molecule has 1 aliphatic rings. The summed E-state index contributed by atoms with van der Waals surface area (Å²) in [5.74, 6) is 2.65. The van der Waals surface area contributed by atoms with Crippen LogP contribution >= 0.6 is 0 Å². The van der Waals surface area contributed by atoms with E-state index in [9.17, 15) is 0 Å². The number of nitrogens with zero attached hydrogens (tertiary/aromatic N) is 1. The first-order chi connectivity index (χ1) is 9.88. The molecule has 1 aromatic rings. The lowest BCUT2D eigenvalue weighted by Crippen LogP contribution is -2.38. The van der Waals surface area contributed by atoms with E-state index in [1.165, 1.54) is 12.8 Å². The van der Waals surface area contributed by atoms with Gasteiger partial charge < -0.3 is 19.8 Å². The van der Waals surface area contributed by atoms with Gasteiger partial charge in [-0.25, -0.2) is 0 Å². The second kappa shape index (κ2) is 8.64. The zero-order valence-electron chi connectivity index (χ0n) is 12.2. The van der Waals surface area contributed by atoms with E-state index in [1.54, 1.807) is 6.26 Å². The molecule has 1 aromatic heterocycles. The van der Waals surface area contributed by atoms with Crippen LogP contribution in [0.3, 0.4) is 0 Å². The molecule has 2 rings (SSSR count). The van der Waals surface area contributed by atoms with Gasteiger partial charge in [-0.2, -0.15) is 0 Å². The summed E-state index contributed by atoms with van der Waals surface area (Å²) in [6.45, 7) is 6.02. The summed E-state index contributed by atoms with van der Waals surface area (Å²) in [7, 11) is 0. The van der Waals surface area contributed by atoms with Gasteiger partial charge in [0.2, 0.25) is 0 Å². The van der Waals surface area contributed by atoms with E-state index >= 15 is 0 Å². The fourth-order valence-electron chi connectivity index (χ4n) is 1.86. The summed E-state index contributed by atoms with van der Waals surface area (Å²) < 4.78 is 10.9. The molecule has 2 N–H and O–H groups in total. The van der Waals surface area contributed by atoms with Gasteiger partial charge in [-0.1, -0.05) is 0 Å². The van der Waals surface area contributed by atoms with Crippen molar-refractivity contribution in [2.45, 2.75) is 26.2 Å². The topological polar surface area (TPSA) is 58.8 Å². The van der Waals surface area contributed by atoms with E-state index in [0.717, 1.165) is 43.8 Å². The third-order valence-electron chi connectivity index (χ3n) is 3.14. The summed E-state index contributed by atoms with van der Waals surface area (Å²) in [6, 6.07) is 3.89. The molecule has 5 nitrogen and oxygen atoms in total.